The van der Waals surface area contributed by atoms with E-state index >= 15 is 0 Å². The summed E-state index contributed by atoms with van der Waals surface area (Å²) in [7, 11) is 1.59. The van der Waals surface area contributed by atoms with Gasteiger partial charge in [-0.2, -0.15) is 0 Å². The molecule has 0 saturated carbocycles. The van der Waals surface area contributed by atoms with Crippen LogP contribution in [0.2, 0.25) is 0 Å². The van der Waals surface area contributed by atoms with Crippen molar-refractivity contribution in [2.24, 2.45) is 0 Å². The van der Waals surface area contributed by atoms with Crippen LogP contribution >= 0.6 is 22.7 Å². The Balaban J connectivity index is 1.92. The fraction of sp³-hybridized carbons (Fsp3) is 0.250. The lowest BCUT2D eigenvalue weighted by molar-refractivity contribution is 0.407. The molecule has 0 aliphatic carbocycles. The zero-order valence-corrected chi connectivity index (χ0v) is 9.19. The third-order valence-corrected chi connectivity index (χ3v) is 3.29. The minimum absolute atomic E-state index is 0.582. The van der Waals surface area contributed by atoms with E-state index in [-0.39, 0.29) is 0 Å². The maximum absolute atomic E-state index is 4.94. The molecule has 2 heterocycles. The van der Waals surface area contributed by atoms with Crippen LogP contribution in [0, 0.1) is 0 Å². The standard InChI is InChI=1S/C8H9N3OS2/c1-12-8-11-10-7(14-8)9-5-6-3-2-4-13-6/h2-4H,5H2,1H3,(H,9,10). The summed E-state index contributed by atoms with van der Waals surface area (Å²) in [4.78, 5) is 1.28. The monoisotopic (exact) mass is 227 g/mol. The number of ether oxygens (including phenoxy) is 1. The zero-order valence-electron chi connectivity index (χ0n) is 7.56. The van der Waals surface area contributed by atoms with Crippen LogP contribution in [-0.4, -0.2) is 17.3 Å². The predicted molar refractivity (Wildman–Crippen MR) is 58.1 cm³/mol. The van der Waals surface area contributed by atoms with Crippen molar-refractivity contribution in [3.63, 3.8) is 0 Å². The number of aromatic nitrogens is 2. The Labute approximate surface area is 89.6 Å². The Kier molecular flexibility index (Phi) is 2.95. The van der Waals surface area contributed by atoms with Gasteiger partial charge in [-0.25, -0.2) is 0 Å². The second kappa shape index (κ2) is 4.39. The molecule has 0 atom stereocenters. The van der Waals surface area contributed by atoms with Crippen molar-refractivity contribution in [3.8, 4) is 5.19 Å². The van der Waals surface area contributed by atoms with Gasteiger partial charge in [0.2, 0.25) is 5.13 Å². The first-order valence-corrected chi connectivity index (χ1v) is 5.72. The van der Waals surface area contributed by atoms with Crippen molar-refractivity contribution in [1.82, 2.24) is 10.2 Å². The molecule has 0 bridgehead atoms. The number of thiophene rings is 1. The summed E-state index contributed by atoms with van der Waals surface area (Å²) in [5, 5.41) is 14.3. The van der Waals surface area contributed by atoms with Crippen LogP contribution in [0.3, 0.4) is 0 Å². The van der Waals surface area contributed by atoms with E-state index in [1.54, 1.807) is 18.4 Å². The van der Waals surface area contributed by atoms with Crippen molar-refractivity contribution in [3.05, 3.63) is 22.4 Å². The van der Waals surface area contributed by atoms with Gasteiger partial charge < -0.3 is 10.1 Å². The molecule has 14 heavy (non-hydrogen) atoms. The molecule has 2 aromatic rings. The van der Waals surface area contributed by atoms with Gasteiger partial charge in [0, 0.05) is 4.88 Å². The Morgan fingerprint density at radius 1 is 1.50 bits per heavy atom. The van der Waals surface area contributed by atoms with E-state index in [0.29, 0.717) is 5.19 Å². The highest BCUT2D eigenvalue weighted by Crippen LogP contribution is 2.22. The van der Waals surface area contributed by atoms with E-state index in [1.807, 2.05) is 6.07 Å². The molecule has 0 aliphatic heterocycles. The van der Waals surface area contributed by atoms with Gasteiger partial charge in [0.25, 0.3) is 5.19 Å². The van der Waals surface area contributed by atoms with Crippen molar-refractivity contribution < 1.29 is 4.74 Å². The number of hydrogen-bond acceptors (Lipinski definition) is 6. The van der Waals surface area contributed by atoms with Crippen LogP contribution in [0.4, 0.5) is 5.13 Å². The lowest BCUT2D eigenvalue weighted by Crippen LogP contribution is -1.96. The SMILES string of the molecule is COc1nnc(NCc2cccs2)s1. The Hall–Kier alpha value is -1.14. The third-order valence-electron chi connectivity index (χ3n) is 1.58. The van der Waals surface area contributed by atoms with E-state index in [1.165, 1.54) is 16.2 Å². The van der Waals surface area contributed by atoms with E-state index in [2.05, 4.69) is 27.0 Å². The van der Waals surface area contributed by atoms with Crippen LogP contribution in [0.5, 0.6) is 5.19 Å². The molecule has 4 nitrogen and oxygen atoms in total. The van der Waals surface area contributed by atoms with Crippen molar-refractivity contribution >= 4 is 27.8 Å². The fourth-order valence-electron chi connectivity index (χ4n) is 0.940. The number of methoxy groups -OCH3 is 1. The number of hydrogen-bond donors (Lipinski definition) is 1. The molecule has 0 radical (unpaired) electrons. The van der Waals surface area contributed by atoms with Gasteiger partial charge >= 0.3 is 0 Å². The number of anilines is 1. The van der Waals surface area contributed by atoms with Gasteiger partial charge in [-0.3, -0.25) is 0 Å². The first-order valence-electron chi connectivity index (χ1n) is 4.02. The molecular formula is C8H9N3OS2. The number of nitrogens with one attached hydrogen (secondary N) is 1. The summed E-state index contributed by atoms with van der Waals surface area (Å²) in [5.41, 5.74) is 0. The summed E-state index contributed by atoms with van der Waals surface area (Å²) in [6, 6.07) is 4.11. The summed E-state index contributed by atoms with van der Waals surface area (Å²) in [5.74, 6) is 0. The minimum atomic E-state index is 0.582. The maximum atomic E-state index is 4.94. The summed E-state index contributed by atoms with van der Waals surface area (Å²) >= 11 is 3.12. The van der Waals surface area contributed by atoms with Gasteiger partial charge in [0.15, 0.2) is 0 Å². The molecule has 2 rings (SSSR count). The zero-order chi connectivity index (χ0) is 9.80. The molecule has 0 spiro atoms. The molecule has 0 aliphatic rings. The summed E-state index contributed by atoms with van der Waals surface area (Å²) in [6.07, 6.45) is 0. The summed E-state index contributed by atoms with van der Waals surface area (Å²) in [6.45, 7) is 0.788. The third kappa shape index (κ3) is 2.21. The van der Waals surface area contributed by atoms with E-state index < -0.39 is 0 Å². The van der Waals surface area contributed by atoms with E-state index in [4.69, 9.17) is 4.74 Å². The highest BCUT2D eigenvalue weighted by atomic mass is 32.1. The minimum Gasteiger partial charge on any atom is -0.472 e. The number of nitrogens with zero attached hydrogens (tertiary/aromatic N) is 2. The first-order chi connectivity index (χ1) is 6.88. The molecule has 74 valence electrons. The van der Waals surface area contributed by atoms with Crippen molar-refractivity contribution in [1.29, 1.82) is 0 Å². The molecule has 0 fully saturated rings. The van der Waals surface area contributed by atoms with Crippen LogP contribution in [0.25, 0.3) is 0 Å². The average Bonchev–Trinajstić information content (AvgIpc) is 2.86. The first kappa shape index (κ1) is 9.42. The predicted octanol–water partition coefficient (Wildman–Crippen LogP) is 2.22. The van der Waals surface area contributed by atoms with Crippen molar-refractivity contribution in [2.45, 2.75) is 6.54 Å². The highest BCUT2D eigenvalue weighted by Gasteiger charge is 2.02. The Bertz CT molecular complexity index is 385. The smallest absolute Gasteiger partial charge is 0.295 e. The molecule has 0 aromatic carbocycles. The number of rotatable bonds is 4. The molecular weight excluding hydrogens is 218 g/mol. The Morgan fingerprint density at radius 3 is 3.07 bits per heavy atom. The molecule has 6 heteroatoms. The fourth-order valence-corrected chi connectivity index (χ4v) is 2.14. The molecule has 0 unspecified atom stereocenters. The van der Waals surface area contributed by atoms with Gasteiger partial charge in [0.1, 0.15) is 0 Å². The normalized spacial score (nSPS) is 10.1. The largest absolute Gasteiger partial charge is 0.472 e. The van der Waals surface area contributed by atoms with Gasteiger partial charge in [0.05, 0.1) is 13.7 Å². The second-order valence-electron chi connectivity index (χ2n) is 2.51. The van der Waals surface area contributed by atoms with Crippen LogP contribution in [0.15, 0.2) is 17.5 Å². The van der Waals surface area contributed by atoms with Crippen LogP contribution in [-0.2, 0) is 6.54 Å². The van der Waals surface area contributed by atoms with Crippen LogP contribution in [0.1, 0.15) is 4.88 Å². The lowest BCUT2D eigenvalue weighted by atomic mass is 10.5. The highest BCUT2D eigenvalue weighted by molar-refractivity contribution is 7.16. The summed E-state index contributed by atoms with van der Waals surface area (Å²) < 4.78 is 4.94. The average molecular weight is 227 g/mol. The van der Waals surface area contributed by atoms with E-state index in [0.717, 1.165) is 11.7 Å². The van der Waals surface area contributed by atoms with E-state index in [9.17, 15) is 0 Å². The van der Waals surface area contributed by atoms with Gasteiger partial charge in [-0.1, -0.05) is 11.2 Å². The van der Waals surface area contributed by atoms with Crippen molar-refractivity contribution in [2.75, 3.05) is 12.4 Å². The van der Waals surface area contributed by atoms with Crippen LogP contribution < -0.4 is 10.1 Å². The second-order valence-corrected chi connectivity index (χ2v) is 4.48. The lowest BCUT2D eigenvalue weighted by Gasteiger charge is -1.96. The molecule has 1 N–H and O–H groups in total. The topological polar surface area (TPSA) is 47.0 Å². The molecule has 0 amide bonds. The maximum Gasteiger partial charge on any atom is 0.295 e. The quantitative estimate of drug-likeness (QED) is 0.870. The molecule has 2 aromatic heterocycles. The molecule has 0 saturated heterocycles. The Morgan fingerprint density at radius 2 is 2.43 bits per heavy atom. The van der Waals surface area contributed by atoms with Gasteiger partial charge in [-0.15, -0.1) is 16.4 Å². The van der Waals surface area contributed by atoms with Gasteiger partial charge in [-0.05, 0) is 22.8 Å².